The Bertz CT molecular complexity index is 449. The maximum atomic E-state index is 12.3. The Balaban J connectivity index is 2.58. The standard InChI is InChI=1S/C13H13F3O3/c1-2-19-12(18)8-11(17)7-9-3-5-10(6-4-9)13(14,15)16/h3-6H,2,7-8H2,1H3. The predicted molar refractivity (Wildman–Crippen MR) is 61.4 cm³/mol. The number of esters is 1. The summed E-state index contributed by atoms with van der Waals surface area (Å²) < 4.78 is 41.5. The summed E-state index contributed by atoms with van der Waals surface area (Å²) in [7, 11) is 0. The van der Waals surface area contributed by atoms with Crippen molar-refractivity contribution in [2.45, 2.75) is 25.9 Å². The topological polar surface area (TPSA) is 43.4 Å². The molecule has 0 spiro atoms. The Labute approximate surface area is 108 Å². The largest absolute Gasteiger partial charge is 0.466 e. The molecule has 1 aromatic rings. The second-order valence-electron chi connectivity index (χ2n) is 3.89. The van der Waals surface area contributed by atoms with Crippen LogP contribution in [0.5, 0.6) is 0 Å². The third-order valence-corrected chi connectivity index (χ3v) is 2.33. The van der Waals surface area contributed by atoms with Crippen molar-refractivity contribution < 1.29 is 27.5 Å². The van der Waals surface area contributed by atoms with Gasteiger partial charge in [-0.2, -0.15) is 13.2 Å². The zero-order valence-corrected chi connectivity index (χ0v) is 10.3. The number of carbonyl (C=O) groups excluding carboxylic acids is 2. The lowest BCUT2D eigenvalue weighted by Crippen LogP contribution is -2.13. The van der Waals surface area contributed by atoms with Gasteiger partial charge in [-0.15, -0.1) is 0 Å². The lowest BCUT2D eigenvalue weighted by atomic mass is 10.1. The molecule has 0 N–H and O–H groups in total. The van der Waals surface area contributed by atoms with Crippen LogP contribution in [-0.2, 0) is 26.9 Å². The molecule has 1 aromatic carbocycles. The Hall–Kier alpha value is -1.85. The highest BCUT2D eigenvalue weighted by atomic mass is 19.4. The molecular weight excluding hydrogens is 261 g/mol. The molecule has 0 radical (unpaired) electrons. The van der Waals surface area contributed by atoms with Crippen molar-refractivity contribution in [1.82, 2.24) is 0 Å². The van der Waals surface area contributed by atoms with E-state index in [1.54, 1.807) is 6.92 Å². The fourth-order valence-electron chi connectivity index (χ4n) is 1.47. The van der Waals surface area contributed by atoms with Gasteiger partial charge in [-0.05, 0) is 24.6 Å². The van der Waals surface area contributed by atoms with Crippen LogP contribution >= 0.6 is 0 Å². The van der Waals surface area contributed by atoms with E-state index in [1.807, 2.05) is 0 Å². The minimum Gasteiger partial charge on any atom is -0.466 e. The van der Waals surface area contributed by atoms with Gasteiger partial charge >= 0.3 is 12.1 Å². The van der Waals surface area contributed by atoms with Gasteiger partial charge in [-0.1, -0.05) is 12.1 Å². The molecule has 0 saturated carbocycles. The van der Waals surface area contributed by atoms with Crippen LogP contribution < -0.4 is 0 Å². The summed E-state index contributed by atoms with van der Waals surface area (Å²) in [6, 6.07) is 4.28. The minimum absolute atomic E-state index is 0.0864. The molecule has 1 rings (SSSR count). The number of carbonyl (C=O) groups is 2. The summed E-state index contributed by atoms with van der Waals surface area (Å²) in [6.07, 6.45) is -4.85. The monoisotopic (exact) mass is 274 g/mol. The number of benzene rings is 1. The van der Waals surface area contributed by atoms with E-state index in [4.69, 9.17) is 0 Å². The average molecular weight is 274 g/mol. The fourth-order valence-corrected chi connectivity index (χ4v) is 1.47. The SMILES string of the molecule is CCOC(=O)CC(=O)Cc1ccc(C(F)(F)F)cc1. The molecule has 104 valence electrons. The summed E-state index contributed by atoms with van der Waals surface area (Å²) in [4.78, 5) is 22.5. The average Bonchev–Trinajstić information content (AvgIpc) is 2.28. The number of ether oxygens (including phenoxy) is 1. The lowest BCUT2D eigenvalue weighted by Gasteiger charge is -2.07. The Morgan fingerprint density at radius 1 is 1.16 bits per heavy atom. The number of halogens is 3. The molecule has 0 aliphatic heterocycles. The number of hydrogen-bond donors (Lipinski definition) is 0. The van der Waals surface area contributed by atoms with Gasteiger partial charge in [0.25, 0.3) is 0 Å². The molecule has 0 aliphatic rings. The third kappa shape index (κ3) is 5.11. The number of hydrogen-bond acceptors (Lipinski definition) is 3. The first-order chi connectivity index (χ1) is 8.82. The van der Waals surface area contributed by atoms with E-state index >= 15 is 0 Å². The van der Waals surface area contributed by atoms with Gasteiger partial charge in [-0.3, -0.25) is 9.59 Å². The predicted octanol–water partition coefficient (Wildman–Crippen LogP) is 2.77. The summed E-state index contributed by atoms with van der Waals surface area (Å²) in [5.41, 5.74) is -0.337. The molecule has 3 nitrogen and oxygen atoms in total. The molecule has 0 aliphatic carbocycles. The fraction of sp³-hybridized carbons (Fsp3) is 0.385. The first kappa shape index (κ1) is 15.2. The van der Waals surface area contributed by atoms with Crippen LogP contribution in [0.25, 0.3) is 0 Å². The molecule has 0 amide bonds. The van der Waals surface area contributed by atoms with E-state index in [-0.39, 0.29) is 19.4 Å². The maximum absolute atomic E-state index is 12.3. The smallest absolute Gasteiger partial charge is 0.416 e. The summed E-state index contributed by atoms with van der Waals surface area (Å²) in [6.45, 7) is 1.81. The molecule has 0 unspecified atom stereocenters. The van der Waals surface area contributed by atoms with Crippen LogP contribution in [0.4, 0.5) is 13.2 Å². The molecule has 0 bridgehead atoms. The molecule has 0 atom stereocenters. The molecule has 0 saturated heterocycles. The minimum atomic E-state index is -4.40. The Morgan fingerprint density at radius 3 is 2.21 bits per heavy atom. The zero-order chi connectivity index (χ0) is 14.5. The second kappa shape index (κ2) is 6.36. The molecule has 0 fully saturated rings. The van der Waals surface area contributed by atoms with Crippen LogP contribution in [0, 0.1) is 0 Å². The number of rotatable bonds is 5. The summed E-state index contributed by atoms with van der Waals surface area (Å²) in [5, 5.41) is 0. The lowest BCUT2D eigenvalue weighted by molar-refractivity contribution is -0.145. The van der Waals surface area contributed by atoms with E-state index in [0.717, 1.165) is 12.1 Å². The first-order valence-corrected chi connectivity index (χ1v) is 5.66. The van der Waals surface area contributed by atoms with Crippen molar-refractivity contribution in [3.63, 3.8) is 0 Å². The number of alkyl halides is 3. The normalized spacial score (nSPS) is 11.2. The van der Waals surface area contributed by atoms with Crippen LogP contribution in [0.2, 0.25) is 0 Å². The van der Waals surface area contributed by atoms with Crippen molar-refractivity contribution in [2.24, 2.45) is 0 Å². The van der Waals surface area contributed by atoms with Crippen molar-refractivity contribution in [1.29, 1.82) is 0 Å². The van der Waals surface area contributed by atoms with Crippen LogP contribution in [0.15, 0.2) is 24.3 Å². The van der Waals surface area contributed by atoms with Gasteiger partial charge in [-0.25, -0.2) is 0 Å². The summed E-state index contributed by atoms with van der Waals surface area (Å²) in [5.74, 6) is -1.02. The second-order valence-corrected chi connectivity index (χ2v) is 3.89. The van der Waals surface area contributed by atoms with Crippen LogP contribution in [-0.4, -0.2) is 18.4 Å². The molecule has 0 heterocycles. The Morgan fingerprint density at radius 2 is 1.74 bits per heavy atom. The number of ketones is 1. The number of Topliss-reactive ketones (excluding diaryl/α,β-unsaturated/α-hetero) is 1. The van der Waals surface area contributed by atoms with Crippen molar-refractivity contribution in [3.05, 3.63) is 35.4 Å². The van der Waals surface area contributed by atoms with E-state index in [0.29, 0.717) is 5.56 Å². The van der Waals surface area contributed by atoms with E-state index < -0.39 is 23.5 Å². The van der Waals surface area contributed by atoms with Crippen molar-refractivity contribution >= 4 is 11.8 Å². The third-order valence-electron chi connectivity index (χ3n) is 2.33. The van der Waals surface area contributed by atoms with E-state index in [2.05, 4.69) is 4.74 Å². The Kier molecular flexibility index (Phi) is 5.09. The summed E-state index contributed by atoms with van der Waals surface area (Å²) >= 11 is 0. The molecule has 6 heteroatoms. The van der Waals surface area contributed by atoms with Gasteiger partial charge in [0.1, 0.15) is 12.2 Å². The highest BCUT2D eigenvalue weighted by Gasteiger charge is 2.29. The highest BCUT2D eigenvalue weighted by Crippen LogP contribution is 2.29. The van der Waals surface area contributed by atoms with E-state index in [9.17, 15) is 22.8 Å². The van der Waals surface area contributed by atoms with Gasteiger partial charge in [0.2, 0.25) is 0 Å². The van der Waals surface area contributed by atoms with Gasteiger partial charge in [0, 0.05) is 6.42 Å². The highest BCUT2D eigenvalue weighted by molar-refractivity contribution is 5.96. The van der Waals surface area contributed by atoms with Crippen molar-refractivity contribution in [2.75, 3.05) is 6.61 Å². The quantitative estimate of drug-likeness (QED) is 0.612. The molecular formula is C13H13F3O3. The van der Waals surface area contributed by atoms with Gasteiger partial charge in [0.15, 0.2) is 0 Å². The zero-order valence-electron chi connectivity index (χ0n) is 10.3. The van der Waals surface area contributed by atoms with Crippen LogP contribution in [0.1, 0.15) is 24.5 Å². The molecule has 19 heavy (non-hydrogen) atoms. The van der Waals surface area contributed by atoms with Crippen LogP contribution in [0.3, 0.4) is 0 Å². The van der Waals surface area contributed by atoms with Gasteiger partial charge in [0.05, 0.1) is 12.2 Å². The van der Waals surface area contributed by atoms with Gasteiger partial charge < -0.3 is 4.74 Å². The molecule has 0 aromatic heterocycles. The first-order valence-electron chi connectivity index (χ1n) is 5.66. The van der Waals surface area contributed by atoms with Crippen molar-refractivity contribution in [3.8, 4) is 0 Å². The van der Waals surface area contributed by atoms with E-state index in [1.165, 1.54) is 12.1 Å². The maximum Gasteiger partial charge on any atom is 0.416 e.